The van der Waals surface area contributed by atoms with Gasteiger partial charge in [0.2, 0.25) is 0 Å². The molecule has 0 aliphatic carbocycles. The van der Waals surface area contributed by atoms with Gasteiger partial charge in [0.15, 0.2) is 5.60 Å². The van der Waals surface area contributed by atoms with Crippen molar-refractivity contribution in [2.45, 2.75) is 44.8 Å². The number of piperidine rings is 1. The molecule has 5 heteroatoms. The lowest BCUT2D eigenvalue weighted by molar-refractivity contribution is -0.00932. The average molecular weight is 417 g/mol. The van der Waals surface area contributed by atoms with Crippen LogP contribution in [0.2, 0.25) is 0 Å². The number of ether oxygens (including phenoxy) is 1. The summed E-state index contributed by atoms with van der Waals surface area (Å²) in [5, 5.41) is 10.3. The first kappa shape index (κ1) is 19.9. The van der Waals surface area contributed by atoms with Crippen molar-refractivity contribution in [2.24, 2.45) is 0 Å². The molecule has 1 saturated heterocycles. The Balaban J connectivity index is 1.37. The topological polar surface area (TPSA) is 54.7 Å². The van der Waals surface area contributed by atoms with Gasteiger partial charge in [-0.05, 0) is 68.3 Å². The number of benzene rings is 2. The number of aromatic nitrogens is 1. The molecule has 5 nitrogen and oxygen atoms in total. The molecule has 1 spiro atoms. The minimum absolute atomic E-state index is 0.0341. The lowest BCUT2D eigenvalue weighted by atomic mass is 9.86. The van der Waals surface area contributed by atoms with E-state index < -0.39 is 11.2 Å². The summed E-state index contributed by atoms with van der Waals surface area (Å²) in [6, 6.07) is 17.9. The largest absolute Gasteiger partial charge is 0.479 e. The van der Waals surface area contributed by atoms with Gasteiger partial charge in [-0.2, -0.15) is 0 Å². The monoisotopic (exact) mass is 416 g/mol. The fourth-order valence-electron chi connectivity index (χ4n) is 5.06. The molecule has 1 fully saturated rings. The molecule has 0 unspecified atom stereocenters. The molecule has 2 aliphatic heterocycles. The van der Waals surface area contributed by atoms with Gasteiger partial charge in [0.05, 0.1) is 17.0 Å². The Morgan fingerprint density at radius 1 is 1.06 bits per heavy atom. The number of amides is 1. The van der Waals surface area contributed by atoms with Gasteiger partial charge in [-0.15, -0.1) is 0 Å². The van der Waals surface area contributed by atoms with Crippen molar-refractivity contribution in [3.05, 3.63) is 83.2 Å². The summed E-state index contributed by atoms with van der Waals surface area (Å²) in [4.78, 5) is 15.1. The lowest BCUT2D eigenvalue weighted by Crippen LogP contribution is -2.50. The second-order valence-electron chi connectivity index (χ2n) is 9.21. The standard InChI is InChI=1S/C26H28N2O3/c1-18-17-19(10-11-20(18)25(2,3)30)24(29)27-15-12-26(13-16-27)23-9-6-14-28(23)21-7-4-5-8-22(21)31-26/h4-11,14,17,30H,12-13,15-16H2,1-3H3. The molecule has 0 bridgehead atoms. The molecule has 31 heavy (non-hydrogen) atoms. The van der Waals surface area contributed by atoms with E-state index in [4.69, 9.17) is 4.74 Å². The number of carbonyl (C=O) groups is 1. The molecule has 0 atom stereocenters. The SMILES string of the molecule is Cc1cc(C(=O)N2CCC3(CC2)Oc2ccccc2-n2cccc23)ccc1C(C)(C)O. The Hall–Kier alpha value is -3.05. The number of aliphatic hydroxyl groups is 1. The zero-order valence-electron chi connectivity index (χ0n) is 18.3. The van der Waals surface area contributed by atoms with E-state index in [1.807, 2.05) is 48.2 Å². The van der Waals surface area contributed by atoms with Gasteiger partial charge < -0.3 is 19.3 Å². The number of hydrogen-bond donors (Lipinski definition) is 1. The smallest absolute Gasteiger partial charge is 0.253 e. The zero-order chi connectivity index (χ0) is 21.8. The minimum atomic E-state index is -0.924. The molecule has 3 aromatic rings. The van der Waals surface area contributed by atoms with Crippen LogP contribution in [0.3, 0.4) is 0 Å². The van der Waals surface area contributed by atoms with Crippen LogP contribution < -0.4 is 4.74 Å². The van der Waals surface area contributed by atoms with Gasteiger partial charge >= 0.3 is 0 Å². The average Bonchev–Trinajstić information content (AvgIpc) is 3.24. The Morgan fingerprint density at radius 3 is 2.52 bits per heavy atom. The number of rotatable bonds is 2. The lowest BCUT2D eigenvalue weighted by Gasteiger charge is -2.45. The highest BCUT2D eigenvalue weighted by atomic mass is 16.5. The third-order valence-corrected chi connectivity index (χ3v) is 6.64. The molecule has 3 heterocycles. The highest BCUT2D eigenvalue weighted by molar-refractivity contribution is 5.94. The van der Waals surface area contributed by atoms with E-state index in [-0.39, 0.29) is 5.91 Å². The van der Waals surface area contributed by atoms with Crippen molar-refractivity contribution in [3.63, 3.8) is 0 Å². The predicted molar refractivity (Wildman–Crippen MR) is 120 cm³/mol. The van der Waals surface area contributed by atoms with Crippen molar-refractivity contribution in [3.8, 4) is 11.4 Å². The van der Waals surface area contributed by atoms with Gasteiger partial charge in [0.1, 0.15) is 5.75 Å². The fraction of sp³-hybridized carbons (Fsp3) is 0.346. The van der Waals surface area contributed by atoms with Crippen LogP contribution in [0.1, 0.15) is 53.9 Å². The normalized spacial score (nSPS) is 17.1. The van der Waals surface area contributed by atoms with E-state index in [1.54, 1.807) is 13.8 Å². The number of nitrogens with zero attached hydrogens (tertiary/aromatic N) is 2. The van der Waals surface area contributed by atoms with E-state index in [2.05, 4.69) is 29.0 Å². The molecule has 160 valence electrons. The molecule has 1 amide bonds. The summed E-state index contributed by atoms with van der Waals surface area (Å²) in [6.45, 7) is 6.74. The number of para-hydroxylation sites is 2. The maximum atomic E-state index is 13.2. The summed E-state index contributed by atoms with van der Waals surface area (Å²) in [7, 11) is 0. The van der Waals surface area contributed by atoms with E-state index >= 15 is 0 Å². The molecule has 0 saturated carbocycles. The number of fused-ring (bicyclic) bond motifs is 4. The first-order valence-corrected chi connectivity index (χ1v) is 10.9. The van der Waals surface area contributed by atoms with Crippen LogP contribution in [0.25, 0.3) is 5.69 Å². The van der Waals surface area contributed by atoms with Crippen molar-refractivity contribution >= 4 is 5.91 Å². The highest BCUT2D eigenvalue weighted by Gasteiger charge is 2.44. The van der Waals surface area contributed by atoms with E-state index in [0.717, 1.165) is 41.1 Å². The second-order valence-corrected chi connectivity index (χ2v) is 9.21. The van der Waals surface area contributed by atoms with E-state index in [9.17, 15) is 9.90 Å². The van der Waals surface area contributed by atoms with Crippen LogP contribution in [0.4, 0.5) is 0 Å². The quantitative estimate of drug-likeness (QED) is 0.667. The van der Waals surface area contributed by atoms with Crippen LogP contribution >= 0.6 is 0 Å². The van der Waals surface area contributed by atoms with Gasteiger partial charge in [0.25, 0.3) is 5.91 Å². The van der Waals surface area contributed by atoms with Crippen LogP contribution in [0.5, 0.6) is 5.75 Å². The van der Waals surface area contributed by atoms with Crippen LogP contribution in [0, 0.1) is 6.92 Å². The van der Waals surface area contributed by atoms with Gasteiger partial charge in [0, 0.05) is 37.7 Å². The number of likely N-dealkylation sites (tertiary alicyclic amines) is 1. The first-order valence-electron chi connectivity index (χ1n) is 10.9. The van der Waals surface area contributed by atoms with Crippen LogP contribution in [0.15, 0.2) is 60.8 Å². The summed E-state index contributed by atoms with van der Waals surface area (Å²) in [6.07, 6.45) is 3.58. The zero-order valence-corrected chi connectivity index (χ0v) is 18.3. The Labute approximate surface area is 182 Å². The van der Waals surface area contributed by atoms with Gasteiger partial charge in [-0.1, -0.05) is 18.2 Å². The van der Waals surface area contributed by atoms with Crippen LogP contribution in [-0.2, 0) is 11.2 Å². The third-order valence-electron chi connectivity index (χ3n) is 6.64. The third kappa shape index (κ3) is 3.24. The molecule has 2 aliphatic rings. The molecule has 1 N–H and O–H groups in total. The molecule has 1 aromatic heterocycles. The van der Waals surface area contributed by atoms with Crippen molar-refractivity contribution in [1.29, 1.82) is 0 Å². The molecule has 2 aromatic carbocycles. The van der Waals surface area contributed by atoms with E-state index in [0.29, 0.717) is 18.7 Å². The van der Waals surface area contributed by atoms with Crippen molar-refractivity contribution < 1.29 is 14.6 Å². The number of carbonyl (C=O) groups excluding carboxylic acids is 1. The molecule has 0 radical (unpaired) electrons. The Kier molecular flexibility index (Phi) is 4.48. The number of hydrogen-bond acceptors (Lipinski definition) is 3. The first-order chi connectivity index (χ1) is 14.8. The van der Waals surface area contributed by atoms with Crippen molar-refractivity contribution in [2.75, 3.05) is 13.1 Å². The minimum Gasteiger partial charge on any atom is -0.479 e. The predicted octanol–water partition coefficient (Wildman–Crippen LogP) is 4.54. The Bertz CT molecular complexity index is 1150. The van der Waals surface area contributed by atoms with Crippen LogP contribution in [-0.4, -0.2) is 33.6 Å². The maximum Gasteiger partial charge on any atom is 0.253 e. The van der Waals surface area contributed by atoms with Crippen molar-refractivity contribution in [1.82, 2.24) is 9.47 Å². The second kappa shape index (κ2) is 6.99. The van der Waals surface area contributed by atoms with Gasteiger partial charge in [-0.25, -0.2) is 0 Å². The fourth-order valence-corrected chi connectivity index (χ4v) is 5.06. The summed E-state index contributed by atoms with van der Waals surface area (Å²) in [5.41, 5.74) is 3.33. The highest BCUT2D eigenvalue weighted by Crippen LogP contribution is 2.45. The maximum absolute atomic E-state index is 13.2. The summed E-state index contributed by atoms with van der Waals surface area (Å²) in [5.74, 6) is 0.927. The summed E-state index contributed by atoms with van der Waals surface area (Å²) >= 11 is 0. The number of aryl methyl sites for hydroxylation is 1. The Morgan fingerprint density at radius 2 is 1.81 bits per heavy atom. The summed E-state index contributed by atoms with van der Waals surface area (Å²) < 4.78 is 8.78. The molecule has 5 rings (SSSR count). The van der Waals surface area contributed by atoms with Gasteiger partial charge in [-0.3, -0.25) is 4.79 Å². The molecular formula is C26H28N2O3. The molecular weight excluding hydrogens is 388 g/mol. The van der Waals surface area contributed by atoms with E-state index in [1.165, 1.54) is 0 Å².